The summed E-state index contributed by atoms with van der Waals surface area (Å²) in [5.41, 5.74) is 0.214. The number of rotatable bonds is 7. The molecule has 0 heterocycles. The topological polar surface area (TPSA) is 71.4 Å². The van der Waals surface area contributed by atoms with Crippen molar-refractivity contribution in [3.8, 4) is 0 Å². The van der Waals surface area contributed by atoms with Crippen LogP contribution < -0.4 is 0 Å². The van der Waals surface area contributed by atoms with Gasteiger partial charge in [-0.3, -0.25) is 0 Å². The fourth-order valence-electron chi connectivity index (χ4n) is 1.37. The predicted molar refractivity (Wildman–Crippen MR) is 80.8 cm³/mol. The van der Waals surface area contributed by atoms with Crippen molar-refractivity contribution in [2.45, 2.75) is 18.2 Å². The number of carboxylic acid groups (broad SMARTS) is 1. The van der Waals surface area contributed by atoms with Crippen LogP contribution in [0.5, 0.6) is 0 Å². The molecule has 0 radical (unpaired) electrons. The minimum atomic E-state index is -2.92. The molecule has 19 heavy (non-hydrogen) atoms. The SMILES string of the molecule is CCS(=O)(=O)CCCSc1ccc(Br)c(C(=O)O)c1. The Morgan fingerprint density at radius 2 is 2.11 bits per heavy atom. The normalized spacial score (nSPS) is 11.5. The Morgan fingerprint density at radius 3 is 2.68 bits per heavy atom. The van der Waals surface area contributed by atoms with Crippen molar-refractivity contribution in [3.05, 3.63) is 28.2 Å². The molecule has 7 heteroatoms. The van der Waals surface area contributed by atoms with E-state index in [4.69, 9.17) is 5.11 Å². The molecule has 0 aliphatic heterocycles. The molecule has 4 nitrogen and oxygen atoms in total. The first kappa shape index (κ1) is 16.5. The van der Waals surface area contributed by atoms with Crippen LogP contribution >= 0.6 is 27.7 Å². The maximum Gasteiger partial charge on any atom is 0.336 e. The second kappa shape index (κ2) is 7.31. The number of carbonyl (C=O) groups is 1. The number of benzene rings is 1. The molecule has 1 rings (SSSR count). The van der Waals surface area contributed by atoms with E-state index in [2.05, 4.69) is 15.9 Å². The first-order valence-electron chi connectivity index (χ1n) is 5.72. The number of halogens is 1. The Balaban J connectivity index is 2.55. The third-order valence-electron chi connectivity index (χ3n) is 2.48. The molecule has 0 amide bonds. The second-order valence-corrected chi connectivity index (χ2v) is 8.38. The number of hydrogen-bond donors (Lipinski definition) is 1. The largest absolute Gasteiger partial charge is 0.478 e. The molecule has 0 bridgehead atoms. The van der Waals surface area contributed by atoms with Gasteiger partial charge < -0.3 is 5.11 Å². The van der Waals surface area contributed by atoms with Crippen LogP contribution in [0.4, 0.5) is 0 Å². The van der Waals surface area contributed by atoms with Crippen molar-refractivity contribution in [2.24, 2.45) is 0 Å². The summed E-state index contributed by atoms with van der Waals surface area (Å²) in [6.07, 6.45) is 0.569. The lowest BCUT2D eigenvalue weighted by Gasteiger charge is -2.05. The molecule has 0 spiro atoms. The molecule has 0 fully saturated rings. The van der Waals surface area contributed by atoms with Crippen LogP contribution in [0.25, 0.3) is 0 Å². The zero-order valence-corrected chi connectivity index (χ0v) is 13.6. The molecule has 0 saturated heterocycles. The number of aromatic carboxylic acids is 1. The van der Waals surface area contributed by atoms with E-state index in [-0.39, 0.29) is 17.1 Å². The fraction of sp³-hybridized carbons (Fsp3) is 0.417. The third-order valence-corrected chi connectivity index (χ3v) is 6.04. The first-order valence-corrected chi connectivity index (χ1v) is 9.32. The van der Waals surface area contributed by atoms with Gasteiger partial charge in [-0.25, -0.2) is 13.2 Å². The molecule has 0 aromatic heterocycles. The van der Waals surface area contributed by atoms with Gasteiger partial charge in [0.15, 0.2) is 0 Å². The lowest BCUT2D eigenvalue weighted by atomic mass is 10.2. The number of sulfone groups is 1. The van der Waals surface area contributed by atoms with Gasteiger partial charge >= 0.3 is 5.97 Å². The van der Waals surface area contributed by atoms with Gasteiger partial charge in [-0.2, -0.15) is 0 Å². The highest BCUT2D eigenvalue weighted by atomic mass is 79.9. The minimum absolute atomic E-state index is 0.166. The zero-order chi connectivity index (χ0) is 14.5. The summed E-state index contributed by atoms with van der Waals surface area (Å²) in [6, 6.07) is 5.09. The van der Waals surface area contributed by atoms with Crippen molar-refractivity contribution in [2.75, 3.05) is 17.3 Å². The summed E-state index contributed by atoms with van der Waals surface area (Å²) in [5.74, 6) is 0.0144. The average Bonchev–Trinajstić information content (AvgIpc) is 2.36. The van der Waals surface area contributed by atoms with Crippen LogP contribution in [0.15, 0.2) is 27.6 Å². The van der Waals surface area contributed by atoms with Crippen molar-refractivity contribution in [1.82, 2.24) is 0 Å². The standard InChI is InChI=1S/C12H15BrO4S2/c1-2-19(16,17)7-3-6-18-9-4-5-11(13)10(8-9)12(14)15/h4-5,8H,2-3,6-7H2,1H3,(H,14,15). The molecule has 0 aliphatic rings. The summed E-state index contributed by atoms with van der Waals surface area (Å²) in [7, 11) is -2.92. The van der Waals surface area contributed by atoms with Crippen LogP contribution in [0, 0.1) is 0 Å². The van der Waals surface area contributed by atoms with E-state index >= 15 is 0 Å². The van der Waals surface area contributed by atoms with Crippen LogP contribution in [-0.2, 0) is 9.84 Å². The Morgan fingerprint density at radius 1 is 1.42 bits per heavy atom. The molecule has 0 saturated carbocycles. The van der Waals surface area contributed by atoms with Gasteiger partial charge in [0.2, 0.25) is 0 Å². The van der Waals surface area contributed by atoms with Crippen LogP contribution in [0.1, 0.15) is 23.7 Å². The predicted octanol–water partition coefficient (Wildman–Crippen LogP) is 3.06. The van der Waals surface area contributed by atoms with Gasteiger partial charge in [-0.1, -0.05) is 6.92 Å². The van der Waals surface area contributed by atoms with E-state index in [0.29, 0.717) is 16.6 Å². The lowest BCUT2D eigenvalue weighted by molar-refractivity contribution is 0.0695. The van der Waals surface area contributed by atoms with Gasteiger partial charge in [-0.15, -0.1) is 11.8 Å². The number of thioether (sulfide) groups is 1. The Labute approximate surface area is 125 Å². The van der Waals surface area contributed by atoms with Crippen LogP contribution in [0.3, 0.4) is 0 Å². The van der Waals surface area contributed by atoms with Gasteiger partial charge in [0, 0.05) is 15.1 Å². The molecule has 0 unspecified atom stereocenters. The van der Waals surface area contributed by atoms with Crippen LogP contribution in [0.2, 0.25) is 0 Å². The summed E-state index contributed by atoms with van der Waals surface area (Å²) in [4.78, 5) is 11.8. The highest BCUT2D eigenvalue weighted by molar-refractivity contribution is 9.10. The monoisotopic (exact) mass is 366 g/mol. The first-order chi connectivity index (χ1) is 8.85. The molecule has 106 valence electrons. The highest BCUT2D eigenvalue weighted by Crippen LogP contribution is 2.25. The fourth-order valence-corrected chi connectivity index (χ4v) is 3.73. The van der Waals surface area contributed by atoms with E-state index < -0.39 is 15.8 Å². The number of carboxylic acids is 1. The van der Waals surface area contributed by atoms with Crippen molar-refractivity contribution < 1.29 is 18.3 Å². The van der Waals surface area contributed by atoms with E-state index in [0.717, 1.165) is 4.90 Å². The minimum Gasteiger partial charge on any atom is -0.478 e. The molecule has 0 atom stereocenters. The van der Waals surface area contributed by atoms with E-state index in [1.807, 2.05) is 6.07 Å². The maximum atomic E-state index is 11.3. The molecular formula is C12H15BrO4S2. The quantitative estimate of drug-likeness (QED) is 0.592. The zero-order valence-electron chi connectivity index (χ0n) is 10.4. The maximum absolute atomic E-state index is 11.3. The molecule has 1 N–H and O–H groups in total. The highest BCUT2D eigenvalue weighted by Gasteiger charge is 2.10. The average molecular weight is 367 g/mol. The Hall–Kier alpha value is -0.530. The Bertz CT molecular complexity index is 555. The van der Waals surface area contributed by atoms with Crippen LogP contribution in [-0.4, -0.2) is 36.8 Å². The van der Waals surface area contributed by atoms with Gasteiger partial charge in [-0.05, 0) is 46.3 Å². The molecule has 1 aromatic rings. The smallest absolute Gasteiger partial charge is 0.336 e. The van der Waals surface area contributed by atoms with E-state index in [1.54, 1.807) is 19.1 Å². The van der Waals surface area contributed by atoms with Crippen molar-refractivity contribution in [1.29, 1.82) is 0 Å². The summed E-state index contributed by atoms with van der Waals surface area (Å²) < 4.78 is 23.2. The summed E-state index contributed by atoms with van der Waals surface area (Å²) in [6.45, 7) is 1.64. The van der Waals surface area contributed by atoms with Crippen molar-refractivity contribution >= 4 is 43.5 Å². The van der Waals surface area contributed by atoms with Gasteiger partial charge in [0.1, 0.15) is 9.84 Å². The summed E-state index contributed by atoms with van der Waals surface area (Å²) >= 11 is 4.64. The lowest BCUT2D eigenvalue weighted by Crippen LogP contribution is -2.09. The third kappa shape index (κ3) is 5.54. The van der Waals surface area contributed by atoms with Crippen molar-refractivity contribution in [3.63, 3.8) is 0 Å². The summed E-state index contributed by atoms with van der Waals surface area (Å²) in [5, 5.41) is 8.98. The second-order valence-electron chi connectivity index (χ2n) is 3.89. The number of hydrogen-bond acceptors (Lipinski definition) is 4. The van der Waals surface area contributed by atoms with Gasteiger partial charge in [0.05, 0.1) is 11.3 Å². The van der Waals surface area contributed by atoms with E-state index in [9.17, 15) is 13.2 Å². The molecule has 1 aromatic carbocycles. The molecule has 0 aliphatic carbocycles. The molecular weight excluding hydrogens is 352 g/mol. The Kier molecular flexibility index (Phi) is 6.35. The van der Waals surface area contributed by atoms with Gasteiger partial charge in [0.25, 0.3) is 0 Å². The van der Waals surface area contributed by atoms with E-state index in [1.165, 1.54) is 11.8 Å².